The third kappa shape index (κ3) is 5.23. The number of likely N-dealkylation sites (N-methyl/N-ethyl adjacent to an activating group) is 1. The van der Waals surface area contributed by atoms with Crippen LogP contribution in [0.3, 0.4) is 0 Å². The van der Waals surface area contributed by atoms with Crippen molar-refractivity contribution in [2.24, 2.45) is 0 Å². The maximum Gasteiger partial charge on any atom is 0.308 e. The van der Waals surface area contributed by atoms with Crippen molar-refractivity contribution in [3.63, 3.8) is 0 Å². The number of amides is 1. The maximum atomic E-state index is 13.2. The van der Waals surface area contributed by atoms with Crippen LogP contribution in [0.2, 0.25) is 0 Å². The summed E-state index contributed by atoms with van der Waals surface area (Å²) >= 11 is 0. The molecule has 1 amide bonds. The summed E-state index contributed by atoms with van der Waals surface area (Å²) in [6, 6.07) is 9.81. The standard InChI is InChI=1S/C26H33NO5/c1-16-10-17(2)25(23(11-16)32-19(4)28)26(5,6)14-24(29)27(7)18(3)12-20-8-9-21-22(13-20)31-15-30-21/h8-11,13,18H,12,14-15H2,1-7H3. The van der Waals surface area contributed by atoms with Crippen molar-refractivity contribution in [2.75, 3.05) is 13.8 Å². The third-order valence-corrected chi connectivity index (χ3v) is 5.99. The molecule has 1 heterocycles. The van der Waals surface area contributed by atoms with Crippen LogP contribution in [0.1, 0.15) is 56.4 Å². The number of fused-ring (bicyclic) bond motifs is 1. The van der Waals surface area contributed by atoms with Crippen LogP contribution in [0.5, 0.6) is 17.2 Å². The third-order valence-electron chi connectivity index (χ3n) is 5.99. The van der Waals surface area contributed by atoms with E-state index in [0.29, 0.717) is 18.6 Å². The summed E-state index contributed by atoms with van der Waals surface area (Å²) < 4.78 is 16.3. The molecule has 0 saturated heterocycles. The zero-order valence-corrected chi connectivity index (χ0v) is 20.1. The predicted octanol–water partition coefficient (Wildman–Crippen LogP) is 4.71. The number of nitrogens with zero attached hydrogens (tertiary/aromatic N) is 1. The molecule has 1 atom stereocenters. The van der Waals surface area contributed by atoms with E-state index in [4.69, 9.17) is 14.2 Å². The monoisotopic (exact) mass is 439 g/mol. The molecule has 0 bridgehead atoms. The van der Waals surface area contributed by atoms with Crippen LogP contribution in [0, 0.1) is 13.8 Å². The van der Waals surface area contributed by atoms with Gasteiger partial charge in [0.2, 0.25) is 12.7 Å². The highest BCUT2D eigenvalue weighted by atomic mass is 16.7. The normalized spacial score (nSPS) is 13.6. The Labute approximate surface area is 190 Å². The Morgan fingerprint density at radius 1 is 1.12 bits per heavy atom. The molecule has 172 valence electrons. The van der Waals surface area contributed by atoms with Gasteiger partial charge in [-0.2, -0.15) is 0 Å². The van der Waals surface area contributed by atoms with Crippen LogP contribution in [0.15, 0.2) is 30.3 Å². The first-order chi connectivity index (χ1) is 15.0. The number of aryl methyl sites for hydroxylation is 2. The molecule has 6 heteroatoms. The fourth-order valence-electron chi connectivity index (χ4n) is 4.41. The lowest BCUT2D eigenvalue weighted by Gasteiger charge is -2.32. The number of carbonyl (C=O) groups is 2. The highest BCUT2D eigenvalue weighted by molar-refractivity contribution is 5.78. The van der Waals surface area contributed by atoms with Crippen LogP contribution < -0.4 is 14.2 Å². The molecular formula is C26H33NO5. The lowest BCUT2D eigenvalue weighted by Crippen LogP contribution is -2.39. The van der Waals surface area contributed by atoms with Gasteiger partial charge in [-0.1, -0.05) is 26.0 Å². The second-order valence-electron chi connectivity index (χ2n) is 9.35. The molecule has 0 radical (unpaired) electrons. The molecule has 32 heavy (non-hydrogen) atoms. The minimum atomic E-state index is -0.508. The smallest absolute Gasteiger partial charge is 0.308 e. The Morgan fingerprint density at radius 2 is 1.81 bits per heavy atom. The molecule has 3 rings (SSSR count). The number of hydrogen-bond donors (Lipinski definition) is 0. The lowest BCUT2D eigenvalue weighted by atomic mass is 9.77. The summed E-state index contributed by atoms with van der Waals surface area (Å²) in [6.07, 6.45) is 1.01. The average molecular weight is 440 g/mol. The van der Waals surface area contributed by atoms with Gasteiger partial charge in [-0.15, -0.1) is 0 Å². The molecule has 0 aliphatic carbocycles. The highest BCUT2D eigenvalue weighted by Crippen LogP contribution is 2.38. The molecule has 2 aromatic carbocycles. The minimum Gasteiger partial charge on any atom is -0.454 e. The highest BCUT2D eigenvalue weighted by Gasteiger charge is 2.32. The van der Waals surface area contributed by atoms with Crippen molar-refractivity contribution < 1.29 is 23.8 Å². The van der Waals surface area contributed by atoms with Gasteiger partial charge >= 0.3 is 5.97 Å². The fourth-order valence-corrected chi connectivity index (χ4v) is 4.41. The first-order valence-electron chi connectivity index (χ1n) is 10.9. The Morgan fingerprint density at radius 3 is 2.50 bits per heavy atom. The molecule has 2 aromatic rings. The number of rotatable bonds is 7. The van der Waals surface area contributed by atoms with Gasteiger partial charge in [0.15, 0.2) is 11.5 Å². The molecule has 1 aliphatic rings. The van der Waals surface area contributed by atoms with E-state index in [1.807, 2.05) is 65.9 Å². The van der Waals surface area contributed by atoms with Gasteiger partial charge in [-0.05, 0) is 62.1 Å². The van der Waals surface area contributed by atoms with E-state index < -0.39 is 5.41 Å². The quantitative estimate of drug-likeness (QED) is 0.462. The zero-order chi connectivity index (χ0) is 23.6. The largest absolute Gasteiger partial charge is 0.454 e. The van der Waals surface area contributed by atoms with Gasteiger partial charge < -0.3 is 19.1 Å². The van der Waals surface area contributed by atoms with Gasteiger partial charge in [-0.3, -0.25) is 9.59 Å². The molecule has 1 aliphatic heterocycles. The topological polar surface area (TPSA) is 65.1 Å². The lowest BCUT2D eigenvalue weighted by molar-refractivity contribution is -0.132. The summed E-state index contributed by atoms with van der Waals surface area (Å²) in [5.41, 5.74) is 3.50. The van der Waals surface area contributed by atoms with Gasteiger partial charge in [0.1, 0.15) is 5.75 Å². The van der Waals surface area contributed by atoms with E-state index in [-0.39, 0.29) is 24.7 Å². The SMILES string of the molecule is CC(=O)Oc1cc(C)cc(C)c1C(C)(C)CC(=O)N(C)C(C)Cc1ccc2c(c1)OCO2. The van der Waals surface area contributed by atoms with E-state index in [0.717, 1.165) is 33.8 Å². The molecule has 1 unspecified atom stereocenters. The molecule has 0 saturated carbocycles. The van der Waals surface area contributed by atoms with Crippen LogP contribution >= 0.6 is 0 Å². The zero-order valence-electron chi connectivity index (χ0n) is 20.1. The Kier molecular flexibility index (Phi) is 6.82. The molecular weight excluding hydrogens is 406 g/mol. The van der Waals surface area contributed by atoms with Crippen LogP contribution in [-0.4, -0.2) is 36.7 Å². The number of esters is 1. The van der Waals surface area contributed by atoms with Crippen molar-refractivity contribution in [3.05, 3.63) is 52.6 Å². The average Bonchev–Trinajstić information content (AvgIpc) is 3.13. The summed E-state index contributed by atoms with van der Waals surface area (Å²) in [5.74, 6) is 1.70. The van der Waals surface area contributed by atoms with Crippen molar-refractivity contribution in [2.45, 2.75) is 65.8 Å². The van der Waals surface area contributed by atoms with Gasteiger partial charge in [0.25, 0.3) is 0 Å². The summed E-state index contributed by atoms with van der Waals surface area (Å²) in [5, 5.41) is 0. The van der Waals surface area contributed by atoms with Crippen molar-refractivity contribution in [1.82, 2.24) is 4.90 Å². The van der Waals surface area contributed by atoms with E-state index >= 15 is 0 Å². The summed E-state index contributed by atoms with van der Waals surface area (Å²) in [6.45, 7) is 11.7. The Balaban J connectivity index is 1.74. The Bertz CT molecular complexity index is 1030. The molecule has 0 N–H and O–H groups in total. The van der Waals surface area contributed by atoms with Crippen molar-refractivity contribution in [1.29, 1.82) is 0 Å². The molecule has 0 spiro atoms. The molecule has 0 fully saturated rings. The first kappa shape index (κ1) is 23.6. The number of hydrogen-bond acceptors (Lipinski definition) is 5. The minimum absolute atomic E-state index is 0.00530. The van der Waals surface area contributed by atoms with Gasteiger partial charge in [0, 0.05) is 37.4 Å². The van der Waals surface area contributed by atoms with Crippen LogP contribution in [0.25, 0.3) is 0 Å². The van der Waals surface area contributed by atoms with E-state index in [1.54, 1.807) is 4.90 Å². The van der Waals surface area contributed by atoms with E-state index in [9.17, 15) is 9.59 Å². The summed E-state index contributed by atoms with van der Waals surface area (Å²) in [4.78, 5) is 26.7. The van der Waals surface area contributed by atoms with Crippen LogP contribution in [0.4, 0.5) is 0 Å². The fraction of sp³-hybridized carbons (Fsp3) is 0.462. The first-order valence-corrected chi connectivity index (χ1v) is 10.9. The molecule has 0 aromatic heterocycles. The maximum absolute atomic E-state index is 13.2. The second kappa shape index (κ2) is 9.23. The summed E-state index contributed by atoms with van der Waals surface area (Å²) in [7, 11) is 1.84. The van der Waals surface area contributed by atoms with Crippen molar-refractivity contribution >= 4 is 11.9 Å². The Hall–Kier alpha value is -3.02. The second-order valence-corrected chi connectivity index (χ2v) is 9.35. The number of ether oxygens (including phenoxy) is 3. The molecule has 6 nitrogen and oxygen atoms in total. The van der Waals surface area contributed by atoms with E-state index in [1.165, 1.54) is 6.92 Å². The van der Waals surface area contributed by atoms with Gasteiger partial charge in [0.05, 0.1) is 0 Å². The van der Waals surface area contributed by atoms with E-state index in [2.05, 4.69) is 6.07 Å². The number of benzene rings is 2. The van der Waals surface area contributed by atoms with Crippen LogP contribution in [-0.2, 0) is 21.4 Å². The number of carbonyl (C=O) groups excluding carboxylic acids is 2. The van der Waals surface area contributed by atoms with Crippen molar-refractivity contribution in [3.8, 4) is 17.2 Å². The van der Waals surface area contributed by atoms with Gasteiger partial charge in [-0.25, -0.2) is 0 Å². The predicted molar refractivity (Wildman–Crippen MR) is 123 cm³/mol.